The Balaban J connectivity index is 1.81. The number of rotatable bonds is 7. The molecule has 2 aromatic carbocycles. The number of carbonyl (C=O) groups excluding carboxylic acids is 2. The lowest BCUT2D eigenvalue weighted by Gasteiger charge is -2.18. The maximum atomic E-state index is 12.2. The molecule has 0 bridgehead atoms. The monoisotopic (exact) mass is 404 g/mol. The molecule has 3 N–H and O–H groups in total. The van der Waals surface area contributed by atoms with Gasteiger partial charge in [0.05, 0.1) is 18.5 Å². The van der Waals surface area contributed by atoms with Gasteiger partial charge in [-0.05, 0) is 24.1 Å². The second kappa shape index (κ2) is 9.34. The molecule has 0 spiro atoms. The number of ether oxygens (including phenoxy) is 1. The Labute approximate surface area is 155 Å². The summed E-state index contributed by atoms with van der Waals surface area (Å²) in [6.45, 7) is 2.03. The number of halogens is 1. The SMILES string of the molecule is CC(NC(=O)[C@@H](N)CC(=O)OCc1ccccc1)c1ccccc1Br. The van der Waals surface area contributed by atoms with Gasteiger partial charge in [-0.25, -0.2) is 0 Å². The molecule has 0 aliphatic carbocycles. The smallest absolute Gasteiger partial charge is 0.308 e. The van der Waals surface area contributed by atoms with Gasteiger partial charge in [-0.2, -0.15) is 0 Å². The predicted octanol–water partition coefficient (Wildman–Crippen LogP) is 3.09. The Hall–Kier alpha value is -2.18. The lowest BCUT2D eigenvalue weighted by molar-refractivity contribution is -0.146. The summed E-state index contributed by atoms with van der Waals surface area (Å²) in [6.07, 6.45) is -0.165. The zero-order chi connectivity index (χ0) is 18.2. The molecule has 5 nitrogen and oxygen atoms in total. The van der Waals surface area contributed by atoms with Crippen molar-refractivity contribution in [2.45, 2.75) is 32.0 Å². The van der Waals surface area contributed by atoms with E-state index in [1.807, 2.05) is 61.5 Å². The maximum absolute atomic E-state index is 12.2. The van der Waals surface area contributed by atoms with Crippen molar-refractivity contribution in [1.29, 1.82) is 0 Å². The summed E-state index contributed by atoms with van der Waals surface area (Å²) in [4.78, 5) is 24.0. The third-order valence-corrected chi connectivity index (χ3v) is 4.42. The number of esters is 1. The molecule has 1 unspecified atom stereocenters. The Kier molecular flexibility index (Phi) is 7.16. The quantitative estimate of drug-likeness (QED) is 0.694. The molecule has 0 heterocycles. The fraction of sp³-hybridized carbons (Fsp3) is 0.263. The first-order valence-electron chi connectivity index (χ1n) is 7.97. The van der Waals surface area contributed by atoms with E-state index in [2.05, 4.69) is 21.2 Å². The molecule has 2 atom stereocenters. The number of hydrogen-bond donors (Lipinski definition) is 2. The van der Waals surface area contributed by atoms with Crippen LogP contribution in [0.15, 0.2) is 59.1 Å². The first-order chi connectivity index (χ1) is 12.0. The van der Waals surface area contributed by atoms with Crippen molar-refractivity contribution in [1.82, 2.24) is 5.32 Å². The van der Waals surface area contributed by atoms with Crippen molar-refractivity contribution in [3.63, 3.8) is 0 Å². The minimum absolute atomic E-state index is 0.165. The highest BCUT2D eigenvalue weighted by molar-refractivity contribution is 9.10. The molecule has 1 amide bonds. The van der Waals surface area contributed by atoms with Crippen molar-refractivity contribution in [3.8, 4) is 0 Å². The Morgan fingerprint density at radius 1 is 1.12 bits per heavy atom. The molecule has 25 heavy (non-hydrogen) atoms. The first kappa shape index (κ1) is 19.1. The summed E-state index contributed by atoms with van der Waals surface area (Å²) in [6, 6.07) is 15.8. The molecule has 0 fully saturated rings. The summed E-state index contributed by atoms with van der Waals surface area (Å²) in [5.41, 5.74) is 7.65. The topological polar surface area (TPSA) is 81.4 Å². The number of nitrogens with two attached hydrogens (primary N) is 1. The minimum atomic E-state index is -0.951. The van der Waals surface area contributed by atoms with Crippen LogP contribution in [-0.2, 0) is 20.9 Å². The van der Waals surface area contributed by atoms with Crippen LogP contribution in [0.3, 0.4) is 0 Å². The Morgan fingerprint density at radius 3 is 2.44 bits per heavy atom. The average Bonchev–Trinajstić information content (AvgIpc) is 2.61. The van der Waals surface area contributed by atoms with Gasteiger partial charge in [0.1, 0.15) is 6.61 Å². The van der Waals surface area contributed by atoms with Crippen molar-refractivity contribution < 1.29 is 14.3 Å². The Morgan fingerprint density at radius 2 is 1.76 bits per heavy atom. The van der Waals surface area contributed by atoms with E-state index in [1.165, 1.54) is 0 Å². The summed E-state index contributed by atoms with van der Waals surface area (Å²) < 4.78 is 6.05. The molecule has 132 valence electrons. The Bertz CT molecular complexity index is 722. The van der Waals surface area contributed by atoms with Crippen LogP contribution in [0, 0.1) is 0 Å². The third kappa shape index (κ3) is 5.99. The molecule has 6 heteroatoms. The van der Waals surface area contributed by atoms with Crippen LogP contribution >= 0.6 is 15.9 Å². The summed E-state index contributed by atoms with van der Waals surface area (Å²) in [5, 5.41) is 2.81. The molecular weight excluding hydrogens is 384 g/mol. The highest BCUT2D eigenvalue weighted by atomic mass is 79.9. The van der Waals surface area contributed by atoms with E-state index >= 15 is 0 Å². The largest absolute Gasteiger partial charge is 0.461 e. The van der Waals surface area contributed by atoms with Gasteiger partial charge >= 0.3 is 5.97 Å². The number of nitrogens with one attached hydrogen (secondary N) is 1. The van der Waals surface area contributed by atoms with Crippen molar-refractivity contribution >= 4 is 27.8 Å². The standard InChI is InChI=1S/C19H21BrN2O3/c1-13(15-9-5-6-10-16(15)20)22-19(24)17(21)11-18(23)25-12-14-7-3-2-4-8-14/h2-10,13,17H,11-12,21H2,1H3,(H,22,24)/t13?,17-/m0/s1. The molecule has 0 aliphatic rings. The highest BCUT2D eigenvalue weighted by Gasteiger charge is 2.21. The zero-order valence-electron chi connectivity index (χ0n) is 13.9. The highest BCUT2D eigenvalue weighted by Crippen LogP contribution is 2.22. The lowest BCUT2D eigenvalue weighted by Crippen LogP contribution is -2.43. The summed E-state index contributed by atoms with van der Waals surface area (Å²) >= 11 is 3.45. The second-order valence-electron chi connectivity index (χ2n) is 5.71. The van der Waals surface area contributed by atoms with Gasteiger partial charge in [0.15, 0.2) is 0 Å². The zero-order valence-corrected chi connectivity index (χ0v) is 15.5. The van der Waals surface area contributed by atoms with E-state index in [0.29, 0.717) is 0 Å². The van der Waals surface area contributed by atoms with Gasteiger partial charge in [0.2, 0.25) is 5.91 Å². The van der Waals surface area contributed by atoms with Gasteiger partial charge in [-0.15, -0.1) is 0 Å². The van der Waals surface area contributed by atoms with E-state index in [0.717, 1.165) is 15.6 Å². The lowest BCUT2D eigenvalue weighted by atomic mass is 10.1. The minimum Gasteiger partial charge on any atom is -0.461 e. The first-order valence-corrected chi connectivity index (χ1v) is 8.76. The average molecular weight is 405 g/mol. The summed E-state index contributed by atoms with van der Waals surface area (Å²) in [5.74, 6) is -0.889. The van der Waals surface area contributed by atoms with Crippen LogP contribution in [0.2, 0.25) is 0 Å². The van der Waals surface area contributed by atoms with Crippen molar-refractivity contribution in [2.24, 2.45) is 5.73 Å². The number of hydrogen-bond acceptors (Lipinski definition) is 4. The van der Waals surface area contributed by atoms with Gasteiger partial charge in [0, 0.05) is 4.47 Å². The molecular formula is C19H21BrN2O3. The molecule has 0 radical (unpaired) electrons. The van der Waals surface area contributed by atoms with Crippen LogP contribution in [0.5, 0.6) is 0 Å². The molecule has 0 aliphatic heterocycles. The fourth-order valence-electron chi connectivity index (χ4n) is 2.29. The van der Waals surface area contributed by atoms with Gasteiger partial charge in [-0.1, -0.05) is 64.5 Å². The number of amides is 1. The number of benzene rings is 2. The van der Waals surface area contributed by atoms with Gasteiger partial charge < -0.3 is 15.8 Å². The van der Waals surface area contributed by atoms with E-state index < -0.39 is 12.0 Å². The summed E-state index contributed by atoms with van der Waals surface area (Å²) in [7, 11) is 0. The van der Waals surface area contributed by atoms with Crippen LogP contribution in [0.4, 0.5) is 0 Å². The molecule has 2 aromatic rings. The van der Waals surface area contributed by atoms with E-state index in [1.54, 1.807) is 0 Å². The van der Waals surface area contributed by atoms with E-state index in [4.69, 9.17) is 10.5 Å². The van der Waals surface area contributed by atoms with Crippen LogP contribution < -0.4 is 11.1 Å². The maximum Gasteiger partial charge on any atom is 0.308 e. The molecule has 0 saturated carbocycles. The van der Waals surface area contributed by atoms with Gasteiger partial charge in [0.25, 0.3) is 0 Å². The van der Waals surface area contributed by atoms with Crippen LogP contribution in [0.25, 0.3) is 0 Å². The van der Waals surface area contributed by atoms with Crippen LogP contribution in [-0.4, -0.2) is 17.9 Å². The predicted molar refractivity (Wildman–Crippen MR) is 99.5 cm³/mol. The second-order valence-corrected chi connectivity index (χ2v) is 6.56. The van der Waals surface area contributed by atoms with Gasteiger partial charge in [-0.3, -0.25) is 9.59 Å². The normalized spacial score (nSPS) is 12.9. The van der Waals surface area contributed by atoms with Crippen molar-refractivity contribution in [2.75, 3.05) is 0 Å². The van der Waals surface area contributed by atoms with E-state index in [-0.39, 0.29) is 25.0 Å². The van der Waals surface area contributed by atoms with Crippen molar-refractivity contribution in [3.05, 3.63) is 70.2 Å². The van der Waals surface area contributed by atoms with E-state index in [9.17, 15) is 9.59 Å². The van der Waals surface area contributed by atoms with Crippen LogP contribution in [0.1, 0.15) is 30.5 Å². The molecule has 0 aromatic heterocycles. The molecule has 2 rings (SSSR count). The number of carbonyl (C=O) groups is 2. The fourth-order valence-corrected chi connectivity index (χ4v) is 2.92. The molecule has 0 saturated heterocycles. The third-order valence-electron chi connectivity index (χ3n) is 3.70.